The molecule has 7 rings (SSSR count). The number of H-pyrrole nitrogens is 1. The summed E-state index contributed by atoms with van der Waals surface area (Å²) in [7, 11) is 0. The summed E-state index contributed by atoms with van der Waals surface area (Å²) in [4.78, 5) is 25.7. The Kier molecular flexibility index (Phi) is 6.26. The largest absolute Gasteiger partial charge is 0.389 e. The smallest absolute Gasteiger partial charge is 0.272 e. The van der Waals surface area contributed by atoms with Gasteiger partial charge in [-0.2, -0.15) is 10.2 Å². The highest BCUT2D eigenvalue weighted by Gasteiger charge is 2.54. The molecule has 3 aromatic carbocycles. The number of carbonyl (C=O) groups excluding carboxylic acids is 1. The first-order chi connectivity index (χ1) is 20.1. The van der Waals surface area contributed by atoms with Crippen LogP contribution in [0.1, 0.15) is 61.6 Å². The minimum Gasteiger partial charge on any atom is -0.389 e. The van der Waals surface area contributed by atoms with Crippen LogP contribution in [0.15, 0.2) is 71.5 Å². The van der Waals surface area contributed by atoms with Gasteiger partial charge in [-0.05, 0) is 86.4 Å². The molecule has 3 N–H and O–H groups in total. The first kappa shape index (κ1) is 26.9. The number of nitrogens with zero attached hydrogens (tertiary/aromatic N) is 3. The monoisotopic (exact) mass is 581 g/mol. The molecule has 0 bridgehead atoms. The molecule has 0 saturated heterocycles. The third kappa shape index (κ3) is 4.78. The summed E-state index contributed by atoms with van der Waals surface area (Å²) in [5.41, 5.74) is 3.07. The minimum absolute atomic E-state index is 0.0824. The number of rotatable bonds is 6. The zero-order chi connectivity index (χ0) is 29.2. The lowest BCUT2D eigenvalue weighted by molar-refractivity contribution is -0.0197. The van der Waals surface area contributed by atoms with Crippen LogP contribution in [0.4, 0.5) is 0 Å². The Morgan fingerprint density at radius 2 is 1.76 bits per heavy atom. The van der Waals surface area contributed by atoms with Gasteiger partial charge in [0, 0.05) is 27.8 Å². The molecule has 1 amide bonds. The van der Waals surface area contributed by atoms with E-state index in [4.69, 9.17) is 11.6 Å². The third-order valence-corrected chi connectivity index (χ3v) is 9.06. The lowest BCUT2D eigenvalue weighted by atomic mass is 9.49. The highest BCUT2D eigenvalue weighted by atomic mass is 35.5. The van der Waals surface area contributed by atoms with Gasteiger partial charge in [-0.15, -0.1) is 0 Å². The highest BCUT2D eigenvalue weighted by Crippen LogP contribution is 2.62. The van der Waals surface area contributed by atoms with E-state index in [1.807, 2.05) is 66.7 Å². The zero-order valence-electron chi connectivity index (χ0n) is 23.5. The topological polar surface area (TPSA) is 113 Å². The van der Waals surface area contributed by atoms with Crippen molar-refractivity contribution < 1.29 is 9.90 Å². The lowest BCUT2D eigenvalue weighted by Crippen LogP contribution is -2.55. The van der Waals surface area contributed by atoms with E-state index >= 15 is 0 Å². The summed E-state index contributed by atoms with van der Waals surface area (Å²) >= 11 is 6.23. The fourth-order valence-corrected chi connectivity index (χ4v) is 7.17. The molecule has 42 heavy (non-hydrogen) atoms. The molecule has 2 saturated carbocycles. The summed E-state index contributed by atoms with van der Waals surface area (Å²) in [6, 6.07) is 21.2. The van der Waals surface area contributed by atoms with Gasteiger partial charge in [0.2, 0.25) is 0 Å². The highest BCUT2D eigenvalue weighted by molar-refractivity contribution is 6.30. The summed E-state index contributed by atoms with van der Waals surface area (Å²) < 4.78 is 1.72. The van der Waals surface area contributed by atoms with Crippen LogP contribution in [0, 0.1) is 5.41 Å². The lowest BCUT2D eigenvalue weighted by Gasteiger charge is -2.57. The number of nitrogens with one attached hydrogen (secondary N) is 2. The van der Waals surface area contributed by atoms with E-state index in [1.54, 1.807) is 18.5 Å². The summed E-state index contributed by atoms with van der Waals surface area (Å²) in [5, 5.41) is 28.5. The number of amides is 1. The van der Waals surface area contributed by atoms with Gasteiger partial charge in [0.25, 0.3) is 11.5 Å². The van der Waals surface area contributed by atoms with Crippen molar-refractivity contribution in [3.05, 3.63) is 93.5 Å². The van der Waals surface area contributed by atoms with Crippen LogP contribution in [-0.4, -0.2) is 42.6 Å². The number of hydrogen-bond donors (Lipinski definition) is 3. The van der Waals surface area contributed by atoms with Gasteiger partial charge in [0.05, 0.1) is 28.7 Å². The molecule has 2 heterocycles. The molecular weight excluding hydrogens is 550 g/mol. The van der Waals surface area contributed by atoms with Crippen molar-refractivity contribution in [2.75, 3.05) is 0 Å². The van der Waals surface area contributed by atoms with E-state index in [1.165, 1.54) is 0 Å². The SMILES string of the molecule is CC(C)(O)Cn1nc(C(=O)NC2CC3(C2)CC(c2n[nH]c(=O)c4ccccc24)C3)c2ccc(-c3cccc(Cl)c3)cc21. The Balaban J connectivity index is 1.07. The molecule has 2 fully saturated rings. The number of benzene rings is 3. The van der Waals surface area contributed by atoms with Gasteiger partial charge in [0.1, 0.15) is 0 Å². The molecule has 9 heteroatoms. The van der Waals surface area contributed by atoms with Crippen molar-refractivity contribution in [2.24, 2.45) is 5.41 Å². The van der Waals surface area contributed by atoms with Gasteiger partial charge < -0.3 is 10.4 Å². The molecule has 5 aromatic rings. The number of aromatic nitrogens is 4. The maximum atomic E-state index is 13.5. The standard InChI is InChI=1S/C33H32ClN5O3/c1-32(2,42)18-39-27-13-20(19-6-5-7-22(34)12-19)10-11-26(27)29(38-39)31(41)35-23-16-33(17-23)14-21(15-33)28-24-8-3-4-9-25(24)30(40)37-36-28/h3-13,21,23,42H,14-18H2,1-2H3,(H,35,41)(H,37,40). The van der Waals surface area contributed by atoms with Gasteiger partial charge in [-0.1, -0.05) is 48.0 Å². The van der Waals surface area contributed by atoms with Gasteiger partial charge in [-0.25, -0.2) is 5.10 Å². The van der Waals surface area contributed by atoms with Crippen molar-refractivity contribution in [3.8, 4) is 11.1 Å². The fraction of sp³-hybridized carbons (Fsp3) is 0.333. The quantitative estimate of drug-likeness (QED) is 0.234. The minimum atomic E-state index is -1.01. The molecule has 2 aliphatic carbocycles. The van der Waals surface area contributed by atoms with Crippen LogP contribution in [0.25, 0.3) is 32.8 Å². The van der Waals surface area contributed by atoms with Crippen molar-refractivity contribution >= 4 is 39.2 Å². The van der Waals surface area contributed by atoms with Crippen LogP contribution in [0.2, 0.25) is 5.02 Å². The van der Waals surface area contributed by atoms with Crippen molar-refractivity contribution in [1.29, 1.82) is 0 Å². The summed E-state index contributed by atoms with van der Waals surface area (Å²) in [6.45, 7) is 3.70. The zero-order valence-corrected chi connectivity index (χ0v) is 24.3. The van der Waals surface area contributed by atoms with Crippen LogP contribution in [0.5, 0.6) is 0 Å². The average molecular weight is 582 g/mol. The molecule has 0 aliphatic heterocycles. The van der Waals surface area contributed by atoms with Crippen LogP contribution < -0.4 is 10.9 Å². The molecule has 2 aliphatic rings. The number of halogens is 1. The van der Waals surface area contributed by atoms with Crippen LogP contribution >= 0.6 is 11.6 Å². The molecule has 0 atom stereocenters. The fourth-order valence-electron chi connectivity index (χ4n) is 6.98. The van der Waals surface area contributed by atoms with E-state index in [2.05, 4.69) is 20.6 Å². The summed E-state index contributed by atoms with van der Waals surface area (Å²) in [5.74, 6) is 0.104. The molecule has 0 unspecified atom stereocenters. The van der Waals surface area contributed by atoms with Gasteiger partial charge >= 0.3 is 0 Å². The number of fused-ring (bicyclic) bond motifs is 2. The van der Waals surface area contributed by atoms with Gasteiger partial charge in [-0.3, -0.25) is 14.3 Å². The molecule has 0 radical (unpaired) electrons. The first-order valence-electron chi connectivity index (χ1n) is 14.3. The van der Waals surface area contributed by atoms with E-state index in [-0.39, 0.29) is 29.5 Å². The number of hydrogen-bond acceptors (Lipinski definition) is 5. The summed E-state index contributed by atoms with van der Waals surface area (Å²) in [6.07, 6.45) is 3.82. The maximum Gasteiger partial charge on any atom is 0.272 e. The van der Waals surface area contributed by atoms with Crippen LogP contribution in [-0.2, 0) is 6.54 Å². The van der Waals surface area contributed by atoms with E-state index in [0.717, 1.165) is 58.8 Å². The first-order valence-corrected chi connectivity index (χ1v) is 14.7. The second-order valence-corrected chi connectivity index (χ2v) is 13.2. The maximum absolute atomic E-state index is 13.5. The number of aromatic amines is 1. The van der Waals surface area contributed by atoms with E-state index in [0.29, 0.717) is 22.0 Å². The van der Waals surface area contributed by atoms with Gasteiger partial charge in [0.15, 0.2) is 5.69 Å². The normalized spacial score (nSPS) is 21.8. The Morgan fingerprint density at radius 3 is 2.50 bits per heavy atom. The predicted molar refractivity (Wildman–Crippen MR) is 164 cm³/mol. The third-order valence-electron chi connectivity index (χ3n) is 8.83. The molecular formula is C33H32ClN5O3. The Morgan fingerprint density at radius 1 is 1.02 bits per heavy atom. The number of aliphatic hydroxyl groups is 1. The Bertz CT molecular complexity index is 1910. The van der Waals surface area contributed by atoms with Crippen LogP contribution in [0.3, 0.4) is 0 Å². The van der Waals surface area contributed by atoms with E-state index < -0.39 is 5.60 Å². The Hall–Kier alpha value is -4.01. The second kappa shape index (κ2) is 9.78. The predicted octanol–water partition coefficient (Wildman–Crippen LogP) is 5.82. The number of carbonyl (C=O) groups is 1. The van der Waals surface area contributed by atoms with Crippen molar-refractivity contribution in [2.45, 2.75) is 63.6 Å². The molecule has 2 aromatic heterocycles. The Labute approximate surface area is 247 Å². The van der Waals surface area contributed by atoms with E-state index in [9.17, 15) is 14.7 Å². The van der Waals surface area contributed by atoms with Crippen molar-refractivity contribution in [3.63, 3.8) is 0 Å². The van der Waals surface area contributed by atoms with Crippen molar-refractivity contribution in [1.82, 2.24) is 25.3 Å². The molecule has 214 valence electrons. The average Bonchev–Trinajstić information content (AvgIpc) is 3.26. The molecule has 1 spiro atoms. The second-order valence-electron chi connectivity index (χ2n) is 12.7. The molecule has 8 nitrogen and oxygen atoms in total.